The molecular weight excluding hydrogens is 383 g/mol. The lowest BCUT2D eigenvalue weighted by molar-refractivity contribution is -0.385. The molecule has 1 aliphatic heterocycles. The highest BCUT2D eigenvalue weighted by Gasteiger charge is 2.33. The summed E-state index contributed by atoms with van der Waals surface area (Å²) in [4.78, 5) is 22.0. The fourth-order valence-electron chi connectivity index (χ4n) is 2.44. The van der Waals surface area contributed by atoms with Crippen molar-refractivity contribution in [1.82, 2.24) is 5.43 Å². The number of nitro benzene ring substituents is 1. The fourth-order valence-corrected chi connectivity index (χ4v) is 2.44. The van der Waals surface area contributed by atoms with Crippen LogP contribution in [-0.2, 0) is 17.4 Å². The number of hydrogen-bond donors (Lipinski definition) is 1. The number of hydrazone groups is 1. The smallest absolute Gasteiger partial charge is 0.416 e. The minimum Gasteiger partial charge on any atom is -0.454 e. The number of rotatable bonds is 5. The van der Waals surface area contributed by atoms with Gasteiger partial charge in [0.25, 0.3) is 5.69 Å². The molecule has 146 valence electrons. The molecule has 8 nitrogen and oxygen atoms in total. The molecule has 1 heterocycles. The Morgan fingerprint density at radius 1 is 1.21 bits per heavy atom. The average Bonchev–Trinajstić information content (AvgIpc) is 3.08. The van der Waals surface area contributed by atoms with E-state index in [1.165, 1.54) is 6.21 Å². The summed E-state index contributed by atoms with van der Waals surface area (Å²) in [7, 11) is 0. The molecule has 0 saturated carbocycles. The number of benzene rings is 2. The van der Waals surface area contributed by atoms with Crippen LogP contribution in [0.25, 0.3) is 0 Å². The summed E-state index contributed by atoms with van der Waals surface area (Å²) in [6, 6.07) is 6.96. The summed E-state index contributed by atoms with van der Waals surface area (Å²) >= 11 is 0. The van der Waals surface area contributed by atoms with E-state index in [0.717, 1.165) is 6.07 Å². The second kappa shape index (κ2) is 7.55. The van der Waals surface area contributed by atoms with Gasteiger partial charge in [0.05, 0.1) is 23.1 Å². The Balaban J connectivity index is 1.67. The largest absolute Gasteiger partial charge is 0.454 e. The maximum absolute atomic E-state index is 12.7. The van der Waals surface area contributed by atoms with Gasteiger partial charge in [0, 0.05) is 11.6 Å². The molecule has 0 spiro atoms. The fraction of sp³-hybridized carbons (Fsp3) is 0.176. The maximum atomic E-state index is 12.7. The Morgan fingerprint density at radius 3 is 2.68 bits per heavy atom. The quantitative estimate of drug-likeness (QED) is 0.476. The van der Waals surface area contributed by atoms with Gasteiger partial charge in [-0.05, 0) is 29.8 Å². The van der Waals surface area contributed by atoms with Crippen LogP contribution in [0.15, 0.2) is 41.5 Å². The first-order chi connectivity index (χ1) is 13.2. The van der Waals surface area contributed by atoms with Crippen LogP contribution in [0.3, 0.4) is 0 Å². The minimum absolute atomic E-state index is 0.110. The minimum atomic E-state index is -4.72. The van der Waals surface area contributed by atoms with Crippen molar-refractivity contribution in [2.75, 3.05) is 6.79 Å². The molecule has 1 N–H and O–H groups in total. The summed E-state index contributed by atoms with van der Waals surface area (Å²) in [5.41, 5.74) is 0.665. The molecule has 0 radical (unpaired) electrons. The number of hydrogen-bond acceptors (Lipinski definition) is 6. The number of carbonyl (C=O) groups is 1. The number of fused-ring (bicyclic) bond motifs is 1. The van der Waals surface area contributed by atoms with Crippen LogP contribution in [0.1, 0.15) is 16.7 Å². The first-order valence-electron chi connectivity index (χ1n) is 7.80. The van der Waals surface area contributed by atoms with E-state index in [-0.39, 0.29) is 12.4 Å². The summed E-state index contributed by atoms with van der Waals surface area (Å²) in [5, 5.41) is 14.8. The molecule has 0 unspecified atom stereocenters. The van der Waals surface area contributed by atoms with E-state index < -0.39 is 34.7 Å². The van der Waals surface area contributed by atoms with Crippen molar-refractivity contribution < 1.29 is 32.4 Å². The summed E-state index contributed by atoms with van der Waals surface area (Å²) in [6.45, 7) is 0.110. The lowest BCUT2D eigenvalue weighted by Gasteiger charge is -2.08. The number of carbonyl (C=O) groups excluding carboxylic acids is 1. The van der Waals surface area contributed by atoms with Crippen molar-refractivity contribution in [3.05, 3.63) is 63.2 Å². The summed E-state index contributed by atoms with van der Waals surface area (Å²) < 4.78 is 48.5. The van der Waals surface area contributed by atoms with E-state index in [2.05, 4.69) is 10.5 Å². The van der Waals surface area contributed by atoms with Crippen LogP contribution in [0.5, 0.6) is 11.5 Å². The highest BCUT2D eigenvalue weighted by molar-refractivity contribution is 5.84. The van der Waals surface area contributed by atoms with Gasteiger partial charge < -0.3 is 9.47 Å². The van der Waals surface area contributed by atoms with E-state index >= 15 is 0 Å². The molecule has 0 fully saturated rings. The number of nitro groups is 1. The monoisotopic (exact) mass is 395 g/mol. The van der Waals surface area contributed by atoms with Gasteiger partial charge in [-0.25, -0.2) is 5.43 Å². The first kappa shape index (κ1) is 19.1. The van der Waals surface area contributed by atoms with Gasteiger partial charge in [0.2, 0.25) is 12.7 Å². The van der Waals surface area contributed by atoms with Crippen LogP contribution in [-0.4, -0.2) is 23.8 Å². The van der Waals surface area contributed by atoms with Gasteiger partial charge in [-0.15, -0.1) is 0 Å². The third kappa shape index (κ3) is 4.37. The lowest BCUT2D eigenvalue weighted by Crippen LogP contribution is -2.20. The van der Waals surface area contributed by atoms with Crippen LogP contribution in [0.2, 0.25) is 0 Å². The second-order valence-electron chi connectivity index (χ2n) is 5.68. The lowest BCUT2D eigenvalue weighted by atomic mass is 10.1. The van der Waals surface area contributed by atoms with E-state index in [9.17, 15) is 28.1 Å². The zero-order chi connectivity index (χ0) is 20.3. The van der Waals surface area contributed by atoms with Gasteiger partial charge in [0.15, 0.2) is 11.5 Å². The van der Waals surface area contributed by atoms with Crippen molar-refractivity contribution >= 4 is 17.8 Å². The number of nitrogens with one attached hydrogen (secondary N) is 1. The van der Waals surface area contributed by atoms with Crippen LogP contribution < -0.4 is 14.9 Å². The number of amides is 1. The Kier molecular flexibility index (Phi) is 5.16. The SMILES string of the molecule is O=C(Cc1ccc(C(F)(F)F)cc1[N+](=O)[O-])N/N=C\c1ccc2c(c1)OCO2. The maximum Gasteiger partial charge on any atom is 0.416 e. The highest BCUT2D eigenvalue weighted by atomic mass is 19.4. The molecule has 1 amide bonds. The van der Waals surface area contributed by atoms with Crippen LogP contribution in [0.4, 0.5) is 18.9 Å². The van der Waals surface area contributed by atoms with Gasteiger partial charge in [-0.1, -0.05) is 6.07 Å². The molecule has 2 aromatic rings. The standard InChI is InChI=1S/C17H12F3N3O5/c18-17(19,20)12-3-2-11(13(7-12)23(25)26)6-16(24)22-21-8-10-1-4-14-15(5-10)28-9-27-14/h1-5,7-8H,6,9H2,(H,22,24)/b21-8-. The Hall–Kier alpha value is -3.63. The van der Waals surface area contributed by atoms with Crippen molar-refractivity contribution in [1.29, 1.82) is 0 Å². The van der Waals surface area contributed by atoms with Crippen molar-refractivity contribution in [2.24, 2.45) is 5.10 Å². The summed E-state index contributed by atoms with van der Waals surface area (Å²) in [5.74, 6) is 0.381. The Morgan fingerprint density at radius 2 is 1.96 bits per heavy atom. The molecule has 2 aromatic carbocycles. The van der Waals surface area contributed by atoms with Gasteiger partial charge in [-0.2, -0.15) is 18.3 Å². The Bertz CT molecular complexity index is 960. The molecule has 0 bridgehead atoms. The van der Waals surface area contributed by atoms with Gasteiger partial charge in [0.1, 0.15) is 0 Å². The number of nitrogens with zero attached hydrogens (tertiary/aromatic N) is 2. The highest BCUT2D eigenvalue weighted by Crippen LogP contribution is 2.33. The predicted molar refractivity (Wildman–Crippen MR) is 90.1 cm³/mol. The molecule has 28 heavy (non-hydrogen) atoms. The third-order valence-corrected chi connectivity index (χ3v) is 3.76. The average molecular weight is 395 g/mol. The van der Waals surface area contributed by atoms with Crippen molar-refractivity contribution in [3.8, 4) is 11.5 Å². The molecule has 0 saturated heterocycles. The van der Waals surface area contributed by atoms with E-state index in [1.807, 2.05) is 0 Å². The van der Waals surface area contributed by atoms with Gasteiger partial charge >= 0.3 is 6.18 Å². The third-order valence-electron chi connectivity index (χ3n) is 3.76. The number of halogens is 3. The summed E-state index contributed by atoms with van der Waals surface area (Å²) in [6.07, 6.45) is -3.91. The van der Waals surface area contributed by atoms with Crippen LogP contribution >= 0.6 is 0 Å². The van der Waals surface area contributed by atoms with Crippen LogP contribution in [0, 0.1) is 10.1 Å². The predicted octanol–water partition coefficient (Wildman–Crippen LogP) is 3.04. The topological polar surface area (TPSA) is 103 Å². The van der Waals surface area contributed by atoms with E-state index in [4.69, 9.17) is 9.47 Å². The molecule has 11 heteroatoms. The molecule has 0 aliphatic carbocycles. The van der Waals surface area contributed by atoms with Crippen molar-refractivity contribution in [2.45, 2.75) is 12.6 Å². The Labute approximate surface area is 155 Å². The first-order valence-corrected chi connectivity index (χ1v) is 7.80. The number of alkyl halides is 3. The zero-order valence-electron chi connectivity index (χ0n) is 14.0. The molecule has 0 aromatic heterocycles. The molecule has 1 aliphatic rings. The van der Waals surface area contributed by atoms with Gasteiger partial charge in [-0.3, -0.25) is 14.9 Å². The van der Waals surface area contributed by atoms with E-state index in [0.29, 0.717) is 29.2 Å². The van der Waals surface area contributed by atoms with Crippen molar-refractivity contribution in [3.63, 3.8) is 0 Å². The molecule has 3 rings (SSSR count). The molecular formula is C17H12F3N3O5. The number of ether oxygens (including phenoxy) is 2. The van der Waals surface area contributed by atoms with E-state index in [1.54, 1.807) is 18.2 Å². The normalized spacial score (nSPS) is 13.0. The molecule has 0 atom stereocenters. The second-order valence-corrected chi connectivity index (χ2v) is 5.68. The zero-order valence-corrected chi connectivity index (χ0v) is 14.0.